The van der Waals surface area contributed by atoms with E-state index in [2.05, 4.69) is 14.7 Å². The number of aryl methyl sites for hydroxylation is 1. The van der Waals surface area contributed by atoms with Crippen LogP contribution in [0.1, 0.15) is 23.0 Å². The quantitative estimate of drug-likeness (QED) is 0.710. The van der Waals surface area contributed by atoms with Gasteiger partial charge < -0.3 is 11.1 Å². The Bertz CT molecular complexity index is 1010. The number of hydrogen-bond acceptors (Lipinski definition) is 6. The summed E-state index contributed by atoms with van der Waals surface area (Å²) < 4.78 is 5.21. The van der Waals surface area contributed by atoms with Crippen molar-refractivity contribution in [3.63, 3.8) is 0 Å². The lowest BCUT2D eigenvalue weighted by Gasteiger charge is -2.07. The molecule has 3 rings (SSSR count). The third-order valence-corrected chi connectivity index (χ3v) is 4.47. The minimum atomic E-state index is -0.746. The van der Waals surface area contributed by atoms with Crippen LogP contribution in [0.15, 0.2) is 35.4 Å². The number of carbonyl (C=O) groups is 2. The van der Waals surface area contributed by atoms with Gasteiger partial charge in [-0.15, -0.1) is 0 Å². The Hall–Kier alpha value is -3.07. The van der Waals surface area contributed by atoms with Crippen LogP contribution in [-0.2, 0) is 17.8 Å². The lowest BCUT2D eigenvalue weighted by atomic mass is 10.1. The second-order valence-electron chi connectivity index (χ2n) is 5.35. The Kier molecular flexibility index (Phi) is 4.57. The van der Waals surface area contributed by atoms with Crippen LogP contribution in [0.4, 0.5) is 5.69 Å². The Morgan fingerprint density at radius 1 is 1.28 bits per heavy atom. The Morgan fingerprint density at radius 2 is 2.00 bits per heavy atom. The molecule has 0 radical (unpaired) electrons. The normalized spacial score (nSPS) is 10.8. The summed E-state index contributed by atoms with van der Waals surface area (Å²) in [6.07, 6.45) is 2.13. The van der Waals surface area contributed by atoms with Crippen molar-refractivity contribution in [2.45, 2.75) is 19.9 Å². The number of rotatable bonds is 5. The highest BCUT2D eigenvalue weighted by atomic mass is 32.1. The molecule has 3 N–H and O–H groups in total. The standard InChI is InChI=1S/C16H15N5O3S/c1-2-9-3-5-10(6-4-9)19-11(22)7-21-8-18-12-13(15(17)23)20-25-14(12)16(21)24/h3-6,8H,2,7H2,1H3,(H2,17,23)(H,19,22). The maximum atomic E-state index is 12.4. The molecule has 9 heteroatoms. The van der Waals surface area contributed by atoms with Crippen molar-refractivity contribution in [3.8, 4) is 0 Å². The van der Waals surface area contributed by atoms with Gasteiger partial charge >= 0.3 is 0 Å². The molecule has 25 heavy (non-hydrogen) atoms. The molecule has 0 fully saturated rings. The molecule has 0 spiro atoms. The first-order chi connectivity index (χ1) is 12.0. The average Bonchev–Trinajstić information content (AvgIpc) is 3.03. The predicted molar refractivity (Wildman–Crippen MR) is 94.6 cm³/mol. The molecule has 0 atom stereocenters. The fourth-order valence-electron chi connectivity index (χ4n) is 2.31. The van der Waals surface area contributed by atoms with Gasteiger partial charge in [0.1, 0.15) is 16.8 Å². The highest BCUT2D eigenvalue weighted by molar-refractivity contribution is 7.13. The summed E-state index contributed by atoms with van der Waals surface area (Å²) in [6.45, 7) is 1.85. The maximum absolute atomic E-state index is 12.4. The number of anilines is 1. The summed E-state index contributed by atoms with van der Waals surface area (Å²) in [4.78, 5) is 39.8. The Balaban J connectivity index is 1.80. The maximum Gasteiger partial charge on any atom is 0.273 e. The van der Waals surface area contributed by atoms with Gasteiger partial charge in [-0.1, -0.05) is 19.1 Å². The van der Waals surface area contributed by atoms with Gasteiger partial charge in [-0.2, -0.15) is 4.37 Å². The number of hydrogen-bond donors (Lipinski definition) is 2. The minimum absolute atomic E-state index is 0.0373. The number of nitrogens with one attached hydrogen (secondary N) is 1. The van der Waals surface area contributed by atoms with Crippen molar-refractivity contribution >= 4 is 39.3 Å². The van der Waals surface area contributed by atoms with Crippen LogP contribution < -0.4 is 16.6 Å². The van der Waals surface area contributed by atoms with E-state index >= 15 is 0 Å². The number of fused-ring (bicyclic) bond motifs is 1. The molecular weight excluding hydrogens is 342 g/mol. The highest BCUT2D eigenvalue weighted by Gasteiger charge is 2.17. The molecule has 3 aromatic rings. The Labute approximate surface area is 146 Å². The molecular formula is C16H15N5O3S. The zero-order valence-corrected chi connectivity index (χ0v) is 14.2. The van der Waals surface area contributed by atoms with Gasteiger partial charge in [0.25, 0.3) is 11.5 Å². The average molecular weight is 357 g/mol. The summed E-state index contributed by atoms with van der Waals surface area (Å²) in [7, 11) is 0. The van der Waals surface area contributed by atoms with Crippen molar-refractivity contribution in [1.82, 2.24) is 13.9 Å². The lowest BCUT2D eigenvalue weighted by molar-refractivity contribution is -0.116. The van der Waals surface area contributed by atoms with E-state index in [1.807, 2.05) is 31.2 Å². The van der Waals surface area contributed by atoms with E-state index in [0.29, 0.717) is 5.69 Å². The van der Waals surface area contributed by atoms with E-state index in [4.69, 9.17) is 5.73 Å². The van der Waals surface area contributed by atoms with Crippen molar-refractivity contribution in [3.05, 3.63) is 52.2 Å². The third kappa shape index (κ3) is 3.41. The van der Waals surface area contributed by atoms with E-state index in [1.165, 1.54) is 16.5 Å². The molecule has 128 valence electrons. The predicted octanol–water partition coefficient (Wildman–Crippen LogP) is 1.15. The second-order valence-corrected chi connectivity index (χ2v) is 6.12. The van der Waals surface area contributed by atoms with E-state index in [1.54, 1.807) is 0 Å². The molecule has 0 unspecified atom stereocenters. The zero-order valence-electron chi connectivity index (χ0n) is 13.4. The molecule has 0 bridgehead atoms. The molecule has 1 aromatic carbocycles. The van der Waals surface area contributed by atoms with Crippen molar-refractivity contribution < 1.29 is 9.59 Å². The molecule has 0 saturated carbocycles. The number of nitrogens with zero attached hydrogens (tertiary/aromatic N) is 3. The lowest BCUT2D eigenvalue weighted by Crippen LogP contribution is -2.27. The fraction of sp³-hybridized carbons (Fsp3) is 0.188. The fourth-order valence-corrected chi connectivity index (χ4v) is 3.10. The minimum Gasteiger partial charge on any atom is -0.364 e. The number of primary amides is 1. The molecule has 0 aliphatic rings. The summed E-state index contributed by atoms with van der Waals surface area (Å²) in [5.74, 6) is -1.10. The third-order valence-electron chi connectivity index (χ3n) is 3.64. The van der Waals surface area contributed by atoms with Gasteiger partial charge in [0, 0.05) is 5.69 Å². The number of amides is 2. The van der Waals surface area contributed by atoms with Gasteiger partial charge in [0.05, 0.1) is 6.33 Å². The number of nitrogens with two attached hydrogens (primary N) is 1. The van der Waals surface area contributed by atoms with Crippen LogP contribution in [-0.4, -0.2) is 25.7 Å². The largest absolute Gasteiger partial charge is 0.364 e. The van der Waals surface area contributed by atoms with Crippen LogP contribution in [0, 0.1) is 0 Å². The summed E-state index contributed by atoms with van der Waals surface area (Å²) in [5.41, 5.74) is 6.69. The van der Waals surface area contributed by atoms with Crippen LogP contribution in [0.3, 0.4) is 0 Å². The van der Waals surface area contributed by atoms with E-state index in [9.17, 15) is 14.4 Å². The smallest absolute Gasteiger partial charge is 0.273 e. The topological polar surface area (TPSA) is 120 Å². The van der Waals surface area contributed by atoms with E-state index in [0.717, 1.165) is 18.0 Å². The summed E-state index contributed by atoms with van der Waals surface area (Å²) >= 11 is 0.840. The molecule has 2 aromatic heterocycles. The first-order valence-electron chi connectivity index (χ1n) is 7.53. The SMILES string of the molecule is CCc1ccc(NC(=O)Cn2cnc3c(C(N)=O)nsc3c2=O)cc1. The van der Waals surface area contributed by atoms with Gasteiger partial charge in [-0.25, -0.2) is 4.98 Å². The first-order valence-corrected chi connectivity index (χ1v) is 8.30. The van der Waals surface area contributed by atoms with Gasteiger partial charge in [-0.3, -0.25) is 19.0 Å². The number of benzene rings is 1. The van der Waals surface area contributed by atoms with Crippen molar-refractivity contribution in [1.29, 1.82) is 0 Å². The Morgan fingerprint density at radius 3 is 2.64 bits per heavy atom. The van der Waals surface area contributed by atoms with E-state index in [-0.39, 0.29) is 28.4 Å². The van der Waals surface area contributed by atoms with Crippen molar-refractivity contribution in [2.24, 2.45) is 5.73 Å². The molecule has 2 heterocycles. The van der Waals surface area contributed by atoms with Crippen molar-refractivity contribution in [2.75, 3.05) is 5.32 Å². The van der Waals surface area contributed by atoms with E-state index < -0.39 is 11.5 Å². The van der Waals surface area contributed by atoms with Crippen LogP contribution >= 0.6 is 11.5 Å². The zero-order chi connectivity index (χ0) is 18.0. The summed E-state index contributed by atoms with van der Waals surface area (Å²) in [5, 5.41) is 2.73. The molecule has 8 nitrogen and oxygen atoms in total. The number of aromatic nitrogens is 3. The molecule has 0 saturated heterocycles. The molecule has 0 aliphatic carbocycles. The van der Waals surface area contributed by atoms with Gasteiger partial charge in [0.15, 0.2) is 5.69 Å². The highest BCUT2D eigenvalue weighted by Crippen LogP contribution is 2.16. The van der Waals surface area contributed by atoms with Crippen LogP contribution in [0.2, 0.25) is 0 Å². The first kappa shape index (κ1) is 16.8. The molecule has 0 aliphatic heterocycles. The summed E-state index contributed by atoms with van der Waals surface area (Å²) in [6, 6.07) is 7.47. The van der Waals surface area contributed by atoms with Crippen LogP contribution in [0.25, 0.3) is 10.2 Å². The molecule has 2 amide bonds. The second kappa shape index (κ2) is 6.81. The monoisotopic (exact) mass is 357 g/mol. The van der Waals surface area contributed by atoms with Gasteiger partial charge in [-0.05, 0) is 35.6 Å². The number of carbonyl (C=O) groups excluding carboxylic acids is 2. The van der Waals surface area contributed by atoms with Crippen LogP contribution in [0.5, 0.6) is 0 Å². The van der Waals surface area contributed by atoms with Gasteiger partial charge in [0.2, 0.25) is 5.91 Å².